The molecule has 4 aromatic heterocycles. The second-order valence-electron chi connectivity index (χ2n) is 16.1. The predicted octanol–water partition coefficient (Wildman–Crippen LogP) is 6.63. The van der Waals surface area contributed by atoms with Gasteiger partial charge in [-0.15, -0.1) is 5.10 Å². The van der Waals surface area contributed by atoms with E-state index in [9.17, 15) is 9.59 Å². The third kappa shape index (κ3) is 9.05. The summed E-state index contributed by atoms with van der Waals surface area (Å²) < 4.78 is 5.82. The van der Waals surface area contributed by atoms with E-state index >= 15 is 0 Å². The van der Waals surface area contributed by atoms with E-state index in [-0.39, 0.29) is 23.4 Å². The Labute approximate surface area is 328 Å². The number of oxazole rings is 1. The quantitative estimate of drug-likeness (QED) is 0.116. The van der Waals surface area contributed by atoms with Crippen molar-refractivity contribution in [3.05, 3.63) is 89.8 Å². The van der Waals surface area contributed by atoms with Gasteiger partial charge in [-0.3, -0.25) is 14.7 Å². The molecule has 0 radical (unpaired) electrons. The molecule has 13 heteroatoms. The number of para-hydroxylation sites is 2. The molecule has 6 heterocycles. The summed E-state index contributed by atoms with van der Waals surface area (Å²) in [6.45, 7) is 14.0. The number of hydrogen-bond donors (Lipinski definition) is 3. The van der Waals surface area contributed by atoms with Gasteiger partial charge < -0.3 is 34.0 Å². The molecule has 56 heavy (non-hydrogen) atoms. The third-order valence-corrected chi connectivity index (χ3v) is 11.5. The number of H-pyrrole nitrogens is 3. The van der Waals surface area contributed by atoms with Crippen LogP contribution in [0.15, 0.2) is 71.5 Å². The minimum Gasteiger partial charge on any atom is -0.420 e. The molecule has 0 saturated carbocycles. The summed E-state index contributed by atoms with van der Waals surface area (Å²) in [4.78, 5) is 49.7. The van der Waals surface area contributed by atoms with Crippen LogP contribution in [0.4, 0.5) is 12.0 Å². The van der Waals surface area contributed by atoms with Gasteiger partial charge in [0.2, 0.25) is 5.95 Å². The van der Waals surface area contributed by atoms with Crippen LogP contribution >= 0.6 is 0 Å². The fourth-order valence-electron chi connectivity index (χ4n) is 7.84. The van der Waals surface area contributed by atoms with Gasteiger partial charge in [-0.25, -0.2) is 4.98 Å². The molecule has 8 rings (SSSR count). The Balaban J connectivity index is 0.000000172. The molecule has 4 unspecified atom stereocenters. The smallest absolute Gasteiger partial charge is 0.297 e. The number of carbonyl (C=O) groups excluding carboxylic acids is 2. The first-order chi connectivity index (χ1) is 27.0. The number of Topliss-reactive ketones (excluding diaryl/α,β-unsaturated/α-hetero) is 2. The Bertz CT molecular complexity index is 2080. The zero-order chi connectivity index (χ0) is 39.3. The molecule has 13 nitrogen and oxygen atoms in total. The lowest BCUT2D eigenvalue weighted by molar-refractivity contribution is 0.0934. The van der Waals surface area contributed by atoms with Crippen LogP contribution in [0.1, 0.15) is 72.8 Å². The largest absolute Gasteiger partial charge is 0.420 e. The van der Waals surface area contributed by atoms with Gasteiger partial charge in [0.25, 0.3) is 6.01 Å². The normalized spacial score (nSPS) is 19.2. The average Bonchev–Trinajstić information content (AvgIpc) is 4.02. The first-order valence-electron chi connectivity index (χ1n) is 20.0. The standard InChI is InChI=1S/C22H28N4O2.C21H28N6O/c1-15(10-17-12-23-19-7-5-4-6-18(17)19)11-20(27)21-13-24-22(28-21)26-9-8-25(3)16(2)14-26;1-14(10-16-12-22-18-7-5-4-6-17(16)18)11-19(28)20-23-21(25-24-20)27-9-8-26(3)15(2)13-27/h4-7,12-13,15-16,23H,8-11,14H2,1-3H3;4-7,12,14-15,22H,8-11,13H2,1-3H3,(H,23,24,25). The monoisotopic (exact) mass is 760 g/mol. The predicted molar refractivity (Wildman–Crippen MR) is 222 cm³/mol. The maximum Gasteiger partial charge on any atom is 0.297 e. The number of piperazine rings is 2. The Kier molecular flexibility index (Phi) is 12.0. The minimum atomic E-state index is 0.0215. The summed E-state index contributed by atoms with van der Waals surface area (Å²) >= 11 is 0. The SMILES string of the molecule is CC(CC(=O)c1cnc(N2CCN(C)C(C)C2)o1)Cc1c[nH]c2ccccc12.CC(CC(=O)c1nc(N2CCN(C)C(C)C2)n[nH]1)Cc1c[nH]c2ccccc12. The molecule has 296 valence electrons. The van der Waals surface area contributed by atoms with Crippen molar-refractivity contribution in [3.63, 3.8) is 0 Å². The highest BCUT2D eigenvalue weighted by Gasteiger charge is 2.27. The van der Waals surface area contributed by atoms with Gasteiger partial charge in [0.05, 0.1) is 6.20 Å². The Morgan fingerprint density at radius 3 is 1.89 bits per heavy atom. The molecular weight excluding hydrogens is 705 g/mol. The molecule has 0 aliphatic carbocycles. The van der Waals surface area contributed by atoms with E-state index in [0.29, 0.717) is 48.5 Å². The first-order valence-corrected chi connectivity index (χ1v) is 20.0. The van der Waals surface area contributed by atoms with Crippen molar-refractivity contribution in [2.45, 2.75) is 65.5 Å². The molecule has 6 aromatic rings. The summed E-state index contributed by atoms with van der Waals surface area (Å²) in [5.41, 5.74) is 4.77. The highest BCUT2D eigenvalue weighted by Crippen LogP contribution is 2.26. The number of rotatable bonds is 12. The number of nitrogens with one attached hydrogen (secondary N) is 3. The van der Waals surface area contributed by atoms with Crippen molar-refractivity contribution in [2.75, 3.05) is 63.2 Å². The van der Waals surface area contributed by atoms with Crippen LogP contribution in [-0.4, -0.2) is 117 Å². The summed E-state index contributed by atoms with van der Waals surface area (Å²) in [7, 11) is 4.26. The van der Waals surface area contributed by atoms with Crippen LogP contribution in [0.3, 0.4) is 0 Å². The zero-order valence-electron chi connectivity index (χ0n) is 33.6. The van der Waals surface area contributed by atoms with Crippen molar-refractivity contribution in [2.24, 2.45) is 11.8 Å². The second-order valence-corrected chi connectivity index (χ2v) is 16.1. The van der Waals surface area contributed by atoms with Gasteiger partial charge in [0, 0.05) is 98.4 Å². The molecule has 2 aromatic carbocycles. The van der Waals surface area contributed by atoms with Crippen LogP contribution in [0, 0.1) is 11.8 Å². The number of aromatic nitrogens is 6. The van der Waals surface area contributed by atoms with Crippen molar-refractivity contribution in [1.29, 1.82) is 0 Å². The molecule has 2 fully saturated rings. The molecule has 0 amide bonds. The number of nitrogens with zero attached hydrogens (tertiary/aromatic N) is 7. The molecule has 2 aliphatic heterocycles. The van der Waals surface area contributed by atoms with Crippen LogP contribution in [-0.2, 0) is 12.8 Å². The zero-order valence-corrected chi connectivity index (χ0v) is 33.6. The van der Waals surface area contributed by atoms with Gasteiger partial charge in [0.15, 0.2) is 23.2 Å². The van der Waals surface area contributed by atoms with E-state index < -0.39 is 0 Å². The third-order valence-electron chi connectivity index (χ3n) is 11.5. The van der Waals surface area contributed by atoms with Gasteiger partial charge in [-0.2, -0.15) is 4.98 Å². The van der Waals surface area contributed by atoms with Gasteiger partial charge in [-0.1, -0.05) is 50.2 Å². The number of aromatic amines is 3. The second kappa shape index (κ2) is 17.3. The fraction of sp³-hybridized carbons (Fsp3) is 0.465. The van der Waals surface area contributed by atoms with E-state index in [1.807, 2.05) is 36.7 Å². The lowest BCUT2D eigenvalue weighted by atomic mass is 9.95. The topological polar surface area (TPSA) is 146 Å². The van der Waals surface area contributed by atoms with Crippen molar-refractivity contribution in [1.82, 2.24) is 39.9 Å². The van der Waals surface area contributed by atoms with Gasteiger partial charge in [-0.05, 0) is 75.9 Å². The summed E-state index contributed by atoms with van der Waals surface area (Å²) in [5.74, 6) is 1.86. The number of ketones is 2. The Hall–Kier alpha value is -5.27. The van der Waals surface area contributed by atoms with Gasteiger partial charge >= 0.3 is 0 Å². The first kappa shape index (κ1) is 39.0. The maximum absolute atomic E-state index is 12.7. The van der Waals surface area contributed by atoms with Crippen LogP contribution in [0.25, 0.3) is 21.8 Å². The molecule has 0 spiro atoms. The summed E-state index contributed by atoms with van der Waals surface area (Å²) in [6.07, 6.45) is 8.29. The van der Waals surface area contributed by atoms with Crippen molar-refractivity contribution in [3.8, 4) is 0 Å². The number of fused-ring (bicyclic) bond motifs is 2. The number of benzene rings is 2. The van der Waals surface area contributed by atoms with Crippen molar-refractivity contribution >= 4 is 45.3 Å². The molecule has 0 bridgehead atoms. The fourth-order valence-corrected chi connectivity index (χ4v) is 7.84. The number of anilines is 2. The Morgan fingerprint density at radius 2 is 1.30 bits per heavy atom. The molecule has 2 saturated heterocycles. The van der Waals surface area contributed by atoms with E-state index in [1.165, 1.54) is 21.9 Å². The molecule has 2 aliphatic rings. The number of carbonyl (C=O) groups is 2. The van der Waals surface area contributed by atoms with Crippen LogP contribution in [0.2, 0.25) is 0 Å². The molecular formula is C43H56N10O3. The summed E-state index contributed by atoms with van der Waals surface area (Å²) in [5, 5.41) is 9.60. The van der Waals surface area contributed by atoms with Crippen LogP contribution < -0.4 is 9.80 Å². The molecule has 3 N–H and O–H groups in total. The number of likely N-dealkylation sites (N-methyl/N-ethyl adjacent to an activating group) is 2. The van der Waals surface area contributed by atoms with Crippen molar-refractivity contribution < 1.29 is 14.0 Å². The summed E-state index contributed by atoms with van der Waals surface area (Å²) in [6, 6.07) is 18.0. The van der Waals surface area contributed by atoms with E-state index in [0.717, 1.165) is 63.1 Å². The van der Waals surface area contributed by atoms with Gasteiger partial charge in [0.1, 0.15) is 0 Å². The Morgan fingerprint density at radius 1 is 0.768 bits per heavy atom. The molecule has 4 atom stereocenters. The minimum absolute atomic E-state index is 0.0215. The van der Waals surface area contributed by atoms with E-state index in [1.54, 1.807) is 6.20 Å². The van der Waals surface area contributed by atoms with E-state index in [4.69, 9.17) is 4.42 Å². The van der Waals surface area contributed by atoms with Crippen LogP contribution in [0.5, 0.6) is 0 Å². The lowest BCUT2D eigenvalue weighted by Crippen LogP contribution is -2.50. The highest BCUT2D eigenvalue weighted by atomic mass is 16.4. The highest BCUT2D eigenvalue weighted by molar-refractivity contribution is 5.94. The number of hydrogen-bond acceptors (Lipinski definition) is 10. The average molecular weight is 761 g/mol. The van der Waals surface area contributed by atoms with E-state index in [2.05, 4.69) is 116 Å². The lowest BCUT2D eigenvalue weighted by Gasteiger charge is -2.37. The maximum atomic E-state index is 12.7.